The minimum absolute atomic E-state index is 0.0130. The molecule has 5 heterocycles. The van der Waals surface area contributed by atoms with Gasteiger partial charge < -0.3 is 0 Å². The number of alkyl halides is 4. The van der Waals surface area contributed by atoms with E-state index < -0.39 is 36.9 Å². The second kappa shape index (κ2) is 13.2. The van der Waals surface area contributed by atoms with Crippen molar-refractivity contribution in [3.63, 3.8) is 0 Å². The van der Waals surface area contributed by atoms with Crippen molar-refractivity contribution in [3.8, 4) is 0 Å². The van der Waals surface area contributed by atoms with Gasteiger partial charge in [0.25, 0.3) is 10.1 Å². The fourth-order valence-corrected chi connectivity index (χ4v) is 14.8. The van der Waals surface area contributed by atoms with E-state index in [9.17, 15) is 13.0 Å². The summed E-state index contributed by atoms with van der Waals surface area (Å²) in [7, 11) is -4.15. The van der Waals surface area contributed by atoms with Crippen LogP contribution in [0.5, 0.6) is 0 Å². The third-order valence-electron chi connectivity index (χ3n) is 14.4. The quantitative estimate of drug-likeness (QED) is 0.143. The maximum absolute atomic E-state index is 12.4. The van der Waals surface area contributed by atoms with Gasteiger partial charge in [-0.25, -0.2) is 0 Å². The molecule has 0 radical (unpaired) electrons. The molecule has 11 nitrogen and oxygen atoms in total. The molecule has 8 bridgehead atoms. The van der Waals surface area contributed by atoms with Crippen LogP contribution in [0.4, 0.5) is 0 Å². The molecule has 9 fully saturated rings. The van der Waals surface area contributed by atoms with Crippen LogP contribution in [0.15, 0.2) is 0 Å². The van der Waals surface area contributed by atoms with Gasteiger partial charge in [0, 0.05) is 11.8 Å². The highest BCUT2D eigenvalue weighted by molar-refractivity contribution is 7.86. The molecule has 0 aromatic heterocycles. The van der Waals surface area contributed by atoms with E-state index in [2.05, 4.69) is 42.5 Å². The summed E-state index contributed by atoms with van der Waals surface area (Å²) in [6.07, 6.45) is 11.4. The van der Waals surface area contributed by atoms with Crippen molar-refractivity contribution in [3.05, 3.63) is 0 Å². The van der Waals surface area contributed by atoms with Gasteiger partial charge in [-0.2, -0.15) is 8.42 Å². The SMILES string of the molecule is O=S(=O)(O)C1CCC2C3NC4NC(NC5NC(NC6NC(NC(N3)C2C1)C1C(Cl)C(Cl)C(Cl)C(Cl)C61)C1CCCCC51)C1CCCCC41. The highest BCUT2D eigenvalue weighted by atomic mass is 35.5. The molecular weight excluding hydrogens is 718 g/mol. The van der Waals surface area contributed by atoms with Crippen LogP contribution < -0.4 is 42.5 Å². The van der Waals surface area contributed by atoms with Gasteiger partial charge in [-0.3, -0.25) is 47.1 Å². The number of halogens is 4. The summed E-state index contributed by atoms with van der Waals surface area (Å²) in [5, 5.41) is 29.4. The van der Waals surface area contributed by atoms with E-state index in [0.29, 0.717) is 42.9 Å². The first kappa shape index (κ1) is 34.5. The second-order valence-electron chi connectivity index (χ2n) is 16.6. The minimum atomic E-state index is -4.15. The van der Waals surface area contributed by atoms with Crippen LogP contribution in [-0.2, 0) is 10.1 Å². The van der Waals surface area contributed by atoms with Crippen LogP contribution in [0.2, 0.25) is 0 Å². The van der Waals surface area contributed by atoms with Crippen LogP contribution in [-0.4, -0.2) is 89.1 Å². The number of hydrogen-bond donors (Lipinski definition) is 9. The zero-order valence-electron chi connectivity index (χ0n) is 27.1. The van der Waals surface area contributed by atoms with Crippen molar-refractivity contribution in [1.82, 2.24) is 42.5 Å². The van der Waals surface area contributed by atoms with Gasteiger partial charge in [0.1, 0.15) is 0 Å². The van der Waals surface area contributed by atoms with E-state index in [1.165, 1.54) is 51.4 Å². The van der Waals surface area contributed by atoms with Crippen LogP contribution in [0.3, 0.4) is 0 Å². The lowest BCUT2D eigenvalue weighted by molar-refractivity contribution is 0.170. The number of rotatable bonds is 1. The second-order valence-corrected chi connectivity index (χ2v) is 20.3. The first-order chi connectivity index (χ1) is 23.1. The van der Waals surface area contributed by atoms with Gasteiger partial charge in [0.15, 0.2) is 0 Å². The van der Waals surface area contributed by atoms with E-state index in [4.69, 9.17) is 46.4 Å². The van der Waals surface area contributed by atoms with Crippen molar-refractivity contribution in [2.24, 2.45) is 47.3 Å². The van der Waals surface area contributed by atoms with E-state index in [1.807, 2.05) is 0 Å². The Labute approximate surface area is 304 Å². The number of hydrogen-bond acceptors (Lipinski definition) is 10. The average Bonchev–Trinajstić information content (AvgIpc) is 3.81. The van der Waals surface area contributed by atoms with Crippen molar-refractivity contribution < 1.29 is 13.0 Å². The standard InChI is InChI=1S/C32H52Cl4N8O3S/c33-21-19-20(22(34)24(36)23(21)35)32-43-30-18-11-12(48(45,46)47)9-10-17(18)29(41-30)40-27-14-6-2-1-5-13(14)25(38-27)37-26-15-7-3-4-8-16(15)28(39-26)42-31(19)44-32/h12-32,37-44H,1-11H2,(H,45,46,47). The van der Waals surface area contributed by atoms with Gasteiger partial charge in [-0.15, -0.1) is 46.4 Å². The molecule has 48 heavy (non-hydrogen) atoms. The van der Waals surface area contributed by atoms with Gasteiger partial charge in [0.2, 0.25) is 0 Å². The topological polar surface area (TPSA) is 151 Å². The molecule has 5 saturated heterocycles. The molecule has 4 aliphatic carbocycles. The summed E-state index contributed by atoms with van der Waals surface area (Å²) in [5.74, 6) is 2.08. The molecule has 21 atom stereocenters. The van der Waals surface area contributed by atoms with E-state index in [-0.39, 0.29) is 73.0 Å². The first-order valence-corrected chi connectivity index (χ1v) is 21.9. The normalized spacial score (nSPS) is 58.1. The Morgan fingerprint density at radius 3 is 1.10 bits per heavy atom. The number of fused-ring (bicyclic) bond motifs is 20. The highest BCUT2D eigenvalue weighted by Gasteiger charge is 2.60. The Morgan fingerprint density at radius 2 is 0.729 bits per heavy atom. The van der Waals surface area contributed by atoms with Gasteiger partial charge in [0.05, 0.1) is 76.1 Å². The largest absolute Gasteiger partial charge is 0.286 e. The third-order valence-corrected chi connectivity index (χ3v) is 18.3. The lowest BCUT2D eigenvalue weighted by atomic mass is 9.76. The molecule has 272 valence electrons. The molecule has 16 heteroatoms. The summed E-state index contributed by atoms with van der Waals surface area (Å²) >= 11 is 28.2. The van der Waals surface area contributed by atoms with Crippen molar-refractivity contribution in [2.75, 3.05) is 0 Å². The maximum atomic E-state index is 12.4. The fourth-order valence-electron chi connectivity index (χ4n) is 12.2. The lowest BCUT2D eigenvalue weighted by Crippen LogP contribution is -2.62. The molecule has 9 rings (SSSR count). The van der Waals surface area contributed by atoms with E-state index >= 15 is 0 Å². The molecule has 0 aromatic rings. The van der Waals surface area contributed by atoms with E-state index in [1.54, 1.807) is 0 Å². The smallest absolute Gasteiger partial charge is 0.267 e. The number of nitrogens with one attached hydrogen (secondary N) is 8. The Bertz CT molecular complexity index is 1330. The molecule has 4 saturated carbocycles. The lowest BCUT2D eigenvalue weighted by Gasteiger charge is -2.44. The van der Waals surface area contributed by atoms with Crippen molar-refractivity contribution in [2.45, 2.75) is 147 Å². The maximum Gasteiger partial charge on any atom is 0.267 e. The highest BCUT2D eigenvalue weighted by Crippen LogP contribution is 2.49. The van der Waals surface area contributed by atoms with Crippen LogP contribution in [0.1, 0.15) is 70.6 Å². The summed E-state index contributed by atoms with van der Waals surface area (Å²) in [6, 6.07) is 0. The molecule has 21 unspecified atom stereocenters. The Balaban J connectivity index is 1.08. The minimum Gasteiger partial charge on any atom is -0.286 e. The summed E-state index contributed by atoms with van der Waals surface area (Å²) < 4.78 is 35.0. The predicted molar refractivity (Wildman–Crippen MR) is 188 cm³/mol. The Morgan fingerprint density at radius 1 is 0.417 bits per heavy atom. The fraction of sp³-hybridized carbons (Fsp3) is 1.00. The molecular formula is C32H52Cl4N8O3S. The van der Waals surface area contributed by atoms with Crippen LogP contribution in [0, 0.1) is 47.3 Å². The third kappa shape index (κ3) is 5.81. The van der Waals surface area contributed by atoms with Crippen molar-refractivity contribution in [1.29, 1.82) is 0 Å². The van der Waals surface area contributed by atoms with Gasteiger partial charge >= 0.3 is 0 Å². The predicted octanol–water partition coefficient (Wildman–Crippen LogP) is 2.34. The van der Waals surface area contributed by atoms with Crippen LogP contribution >= 0.6 is 46.4 Å². The molecule has 0 spiro atoms. The molecule has 9 aliphatic rings. The zero-order chi connectivity index (χ0) is 33.1. The molecule has 0 aromatic carbocycles. The van der Waals surface area contributed by atoms with Gasteiger partial charge in [-0.1, -0.05) is 25.7 Å². The Hall–Kier alpha value is 0.750. The molecule has 9 N–H and O–H groups in total. The van der Waals surface area contributed by atoms with Gasteiger partial charge in [-0.05, 0) is 80.5 Å². The van der Waals surface area contributed by atoms with Crippen LogP contribution in [0.25, 0.3) is 0 Å². The Kier molecular flexibility index (Phi) is 9.53. The summed E-state index contributed by atoms with van der Waals surface area (Å²) in [5.41, 5.74) is 0. The van der Waals surface area contributed by atoms with Crippen molar-refractivity contribution >= 4 is 56.5 Å². The van der Waals surface area contributed by atoms with E-state index in [0.717, 1.165) is 0 Å². The molecule has 5 aliphatic heterocycles. The summed E-state index contributed by atoms with van der Waals surface area (Å²) in [4.78, 5) is 0. The average molecular weight is 771 g/mol. The first-order valence-electron chi connectivity index (χ1n) is 18.7. The molecule has 0 amide bonds. The zero-order valence-corrected chi connectivity index (χ0v) is 30.9. The monoisotopic (exact) mass is 768 g/mol. The summed E-state index contributed by atoms with van der Waals surface area (Å²) in [6.45, 7) is 0.